The second-order valence-electron chi connectivity index (χ2n) is 4.38. The van der Waals surface area contributed by atoms with Crippen LogP contribution in [0.3, 0.4) is 0 Å². The number of hydrogen-bond donors (Lipinski definition) is 2. The monoisotopic (exact) mass is 293 g/mol. The zero-order chi connectivity index (χ0) is 14.5. The first-order chi connectivity index (χ1) is 9.60. The molecule has 106 valence electrons. The third-order valence-electron chi connectivity index (χ3n) is 2.81. The Hall–Kier alpha value is -2.01. The lowest BCUT2D eigenvalue weighted by Crippen LogP contribution is -2.10. The maximum atomic E-state index is 11.4. The summed E-state index contributed by atoms with van der Waals surface area (Å²) >= 11 is 5.89. The number of H-pyrrole nitrogens is 1. The fourth-order valence-corrected chi connectivity index (χ4v) is 1.72. The summed E-state index contributed by atoms with van der Waals surface area (Å²) in [5, 5.41) is 3.03. The van der Waals surface area contributed by atoms with Crippen molar-refractivity contribution < 1.29 is 4.74 Å². The molecule has 1 unspecified atom stereocenters. The Morgan fingerprint density at radius 1 is 1.50 bits per heavy atom. The van der Waals surface area contributed by atoms with Crippen molar-refractivity contribution in [2.24, 2.45) is 0 Å². The fraction of sp³-hybridized carbons (Fsp3) is 0.286. The van der Waals surface area contributed by atoms with Crippen molar-refractivity contribution in [1.82, 2.24) is 9.97 Å². The first-order valence-electron chi connectivity index (χ1n) is 6.37. The third-order valence-corrected chi connectivity index (χ3v) is 3.16. The second kappa shape index (κ2) is 6.43. The van der Waals surface area contributed by atoms with Crippen LogP contribution >= 0.6 is 11.6 Å². The minimum absolute atomic E-state index is 0.0285. The summed E-state index contributed by atoms with van der Waals surface area (Å²) in [5.74, 6) is 1.07. The van der Waals surface area contributed by atoms with Crippen LogP contribution in [0.2, 0.25) is 5.02 Å². The van der Waals surface area contributed by atoms with E-state index in [1.54, 1.807) is 0 Å². The zero-order valence-electron chi connectivity index (χ0n) is 11.3. The first kappa shape index (κ1) is 14.4. The normalized spacial score (nSPS) is 11.9. The fourth-order valence-electron chi connectivity index (χ4n) is 1.57. The zero-order valence-corrected chi connectivity index (χ0v) is 12.1. The number of rotatable bonds is 5. The molecule has 0 fully saturated rings. The average Bonchev–Trinajstić information content (AvgIpc) is 2.44. The number of anilines is 2. The van der Waals surface area contributed by atoms with Crippen LogP contribution in [-0.4, -0.2) is 16.1 Å². The maximum absolute atomic E-state index is 11.4. The summed E-state index contributed by atoms with van der Waals surface area (Å²) in [7, 11) is 0. The molecular formula is C14H16ClN3O2. The van der Waals surface area contributed by atoms with Gasteiger partial charge in [-0.3, -0.25) is 4.79 Å². The summed E-state index contributed by atoms with van der Waals surface area (Å²) in [6.45, 7) is 4.07. The number of hydrogen-bond acceptors (Lipinski definition) is 4. The van der Waals surface area contributed by atoms with Crippen LogP contribution in [0.25, 0.3) is 0 Å². The SMILES string of the molecule is CCC(C)Oc1cccc(Nc2nc[nH]c(=O)c2Cl)c1. The van der Waals surface area contributed by atoms with Gasteiger partial charge in [0, 0.05) is 11.8 Å². The van der Waals surface area contributed by atoms with E-state index >= 15 is 0 Å². The van der Waals surface area contributed by atoms with E-state index in [2.05, 4.69) is 22.2 Å². The number of benzene rings is 1. The van der Waals surface area contributed by atoms with E-state index in [0.29, 0.717) is 5.82 Å². The number of halogens is 1. The molecule has 0 aliphatic carbocycles. The van der Waals surface area contributed by atoms with Crippen LogP contribution in [0.1, 0.15) is 20.3 Å². The molecule has 1 atom stereocenters. The second-order valence-corrected chi connectivity index (χ2v) is 4.76. The maximum Gasteiger partial charge on any atom is 0.271 e. The van der Waals surface area contributed by atoms with E-state index in [4.69, 9.17) is 16.3 Å². The van der Waals surface area contributed by atoms with Crippen molar-refractivity contribution in [3.8, 4) is 5.75 Å². The molecule has 20 heavy (non-hydrogen) atoms. The average molecular weight is 294 g/mol. The molecule has 1 aromatic heterocycles. The number of aromatic amines is 1. The molecule has 2 N–H and O–H groups in total. The number of ether oxygens (including phenoxy) is 1. The molecule has 0 bridgehead atoms. The summed E-state index contributed by atoms with van der Waals surface area (Å²) in [5.41, 5.74) is 0.377. The lowest BCUT2D eigenvalue weighted by molar-refractivity contribution is 0.217. The Bertz CT molecular complexity index is 642. The topological polar surface area (TPSA) is 67.0 Å². The number of nitrogens with zero attached hydrogens (tertiary/aromatic N) is 1. The van der Waals surface area contributed by atoms with Gasteiger partial charge in [0.2, 0.25) is 0 Å². The van der Waals surface area contributed by atoms with Crippen LogP contribution in [0.4, 0.5) is 11.5 Å². The van der Waals surface area contributed by atoms with Crippen molar-refractivity contribution in [2.45, 2.75) is 26.4 Å². The van der Waals surface area contributed by atoms with Gasteiger partial charge < -0.3 is 15.0 Å². The van der Waals surface area contributed by atoms with E-state index in [-0.39, 0.29) is 16.7 Å². The van der Waals surface area contributed by atoms with E-state index in [1.807, 2.05) is 31.2 Å². The molecule has 2 aromatic rings. The van der Waals surface area contributed by atoms with Gasteiger partial charge in [-0.1, -0.05) is 24.6 Å². The molecule has 1 aromatic carbocycles. The van der Waals surface area contributed by atoms with Gasteiger partial charge in [-0.25, -0.2) is 4.98 Å². The van der Waals surface area contributed by atoms with Crippen LogP contribution in [0, 0.1) is 0 Å². The largest absolute Gasteiger partial charge is 0.491 e. The Morgan fingerprint density at radius 2 is 2.30 bits per heavy atom. The van der Waals surface area contributed by atoms with Gasteiger partial charge in [-0.15, -0.1) is 0 Å². The number of aromatic nitrogens is 2. The smallest absolute Gasteiger partial charge is 0.271 e. The highest BCUT2D eigenvalue weighted by atomic mass is 35.5. The molecule has 1 heterocycles. The minimum atomic E-state index is -0.379. The Labute approximate surface area is 122 Å². The van der Waals surface area contributed by atoms with Gasteiger partial charge in [0.15, 0.2) is 5.82 Å². The van der Waals surface area contributed by atoms with Crippen LogP contribution < -0.4 is 15.6 Å². The van der Waals surface area contributed by atoms with Crippen molar-refractivity contribution in [3.63, 3.8) is 0 Å². The molecule has 5 nitrogen and oxygen atoms in total. The molecule has 0 spiro atoms. The highest BCUT2D eigenvalue weighted by Gasteiger charge is 2.07. The molecule has 0 radical (unpaired) electrons. The molecule has 0 amide bonds. The summed E-state index contributed by atoms with van der Waals surface area (Å²) in [6, 6.07) is 7.43. The summed E-state index contributed by atoms with van der Waals surface area (Å²) < 4.78 is 5.73. The minimum Gasteiger partial charge on any atom is -0.491 e. The molecular weight excluding hydrogens is 278 g/mol. The molecule has 0 saturated heterocycles. The highest BCUT2D eigenvalue weighted by Crippen LogP contribution is 2.23. The Morgan fingerprint density at radius 3 is 3.05 bits per heavy atom. The standard InChI is InChI=1S/C14H16ClN3O2/c1-3-9(2)20-11-6-4-5-10(7-11)18-13-12(15)14(19)17-8-16-13/h4-9H,3H2,1-2H3,(H2,16,17,18,19). The van der Waals surface area contributed by atoms with Gasteiger partial charge in [-0.05, 0) is 25.5 Å². The molecule has 0 aliphatic heterocycles. The van der Waals surface area contributed by atoms with Crippen LogP contribution in [0.5, 0.6) is 5.75 Å². The van der Waals surface area contributed by atoms with E-state index in [9.17, 15) is 4.79 Å². The van der Waals surface area contributed by atoms with Crippen LogP contribution in [-0.2, 0) is 0 Å². The molecule has 0 aliphatic rings. The molecule has 6 heteroatoms. The number of nitrogens with one attached hydrogen (secondary N) is 2. The van der Waals surface area contributed by atoms with Gasteiger partial charge in [-0.2, -0.15) is 0 Å². The molecule has 0 saturated carbocycles. The predicted molar refractivity (Wildman–Crippen MR) is 80.0 cm³/mol. The van der Waals surface area contributed by atoms with Crippen molar-refractivity contribution in [1.29, 1.82) is 0 Å². The van der Waals surface area contributed by atoms with Crippen molar-refractivity contribution >= 4 is 23.1 Å². The summed E-state index contributed by atoms with van der Waals surface area (Å²) in [4.78, 5) is 17.8. The van der Waals surface area contributed by atoms with Crippen LogP contribution in [0.15, 0.2) is 35.4 Å². The third kappa shape index (κ3) is 3.51. The summed E-state index contributed by atoms with van der Waals surface area (Å²) in [6.07, 6.45) is 2.38. The lowest BCUT2D eigenvalue weighted by Gasteiger charge is -2.14. The Balaban J connectivity index is 2.19. The van der Waals surface area contributed by atoms with Gasteiger partial charge in [0.1, 0.15) is 10.8 Å². The molecule has 2 rings (SSSR count). The first-order valence-corrected chi connectivity index (χ1v) is 6.75. The quantitative estimate of drug-likeness (QED) is 0.887. The predicted octanol–water partition coefficient (Wildman–Crippen LogP) is 3.34. The van der Waals surface area contributed by atoms with Crippen molar-refractivity contribution in [3.05, 3.63) is 46.0 Å². The highest BCUT2D eigenvalue weighted by molar-refractivity contribution is 6.32. The van der Waals surface area contributed by atoms with Crippen molar-refractivity contribution in [2.75, 3.05) is 5.32 Å². The van der Waals surface area contributed by atoms with Gasteiger partial charge >= 0.3 is 0 Å². The lowest BCUT2D eigenvalue weighted by atomic mass is 10.2. The van der Waals surface area contributed by atoms with E-state index in [0.717, 1.165) is 17.9 Å². The van der Waals surface area contributed by atoms with Gasteiger partial charge in [0.05, 0.1) is 12.4 Å². The van der Waals surface area contributed by atoms with Gasteiger partial charge in [0.25, 0.3) is 5.56 Å². The van der Waals surface area contributed by atoms with E-state index < -0.39 is 0 Å². The Kier molecular flexibility index (Phi) is 4.63. The van der Waals surface area contributed by atoms with E-state index in [1.165, 1.54) is 6.33 Å².